The summed E-state index contributed by atoms with van der Waals surface area (Å²) >= 11 is 0. The van der Waals surface area contributed by atoms with Crippen molar-refractivity contribution in [1.82, 2.24) is 10.6 Å². The summed E-state index contributed by atoms with van der Waals surface area (Å²) in [5.74, 6) is -1.78. The predicted octanol–water partition coefficient (Wildman–Crippen LogP) is 2.96. The van der Waals surface area contributed by atoms with Crippen molar-refractivity contribution < 1.29 is 33.4 Å². The topological polar surface area (TPSA) is 146 Å². The largest absolute Gasteiger partial charge is 0.460 e. The molecule has 198 valence electrons. The average molecular weight is 488 g/mol. The van der Waals surface area contributed by atoms with Crippen molar-refractivity contribution in [2.24, 2.45) is 5.73 Å². The predicted molar refractivity (Wildman–Crippen MR) is 129 cm³/mol. The number of hydrogen-bond acceptors (Lipinski definition) is 8. The van der Waals surface area contributed by atoms with Crippen molar-refractivity contribution in [2.45, 2.75) is 123 Å². The van der Waals surface area contributed by atoms with Crippen LogP contribution in [0.5, 0.6) is 0 Å². The van der Waals surface area contributed by atoms with Crippen molar-refractivity contribution >= 4 is 23.9 Å². The number of carbonyl (C=O) groups is 4. The van der Waals surface area contributed by atoms with E-state index in [1.807, 2.05) is 0 Å². The zero-order chi connectivity index (χ0) is 26.7. The van der Waals surface area contributed by atoms with E-state index in [-0.39, 0.29) is 12.8 Å². The Morgan fingerprint density at radius 3 is 1.47 bits per heavy atom. The van der Waals surface area contributed by atoms with Crippen molar-refractivity contribution in [3.8, 4) is 0 Å². The zero-order valence-electron chi connectivity index (χ0n) is 22.3. The molecule has 0 aromatic heterocycles. The van der Waals surface area contributed by atoms with Crippen molar-refractivity contribution in [3.63, 3.8) is 0 Å². The summed E-state index contributed by atoms with van der Waals surface area (Å²) in [4.78, 5) is 50.1. The second kappa shape index (κ2) is 13.5. The van der Waals surface area contributed by atoms with Crippen LogP contribution in [0.4, 0.5) is 4.79 Å². The molecule has 10 nitrogen and oxygen atoms in total. The van der Waals surface area contributed by atoms with Crippen LogP contribution in [-0.4, -0.2) is 59.4 Å². The molecule has 0 heterocycles. The van der Waals surface area contributed by atoms with Gasteiger partial charge < -0.3 is 30.6 Å². The van der Waals surface area contributed by atoms with Gasteiger partial charge in [-0.05, 0) is 94.5 Å². The standard InChI is InChI=1S/C24H45N3O7/c1-22(2,3)32-18(28)14-13-17(20(30)34-24(7,8)9)27-21(31)26-16(12-10-11-15-25)19(29)33-23(4,5)6/h16-17H,10-15,25H2,1-9H3,(H2,26,27,31)/t16-,17+/m1/s1. The summed E-state index contributed by atoms with van der Waals surface area (Å²) in [5, 5.41) is 5.11. The molecule has 0 aliphatic carbocycles. The number of unbranched alkanes of at least 4 members (excludes halogenated alkanes) is 1. The highest BCUT2D eigenvalue weighted by atomic mass is 16.6. The van der Waals surface area contributed by atoms with Gasteiger partial charge in [0.15, 0.2) is 0 Å². The normalized spacial score (nSPS) is 13.9. The van der Waals surface area contributed by atoms with E-state index in [9.17, 15) is 19.2 Å². The van der Waals surface area contributed by atoms with Crippen LogP contribution in [0.2, 0.25) is 0 Å². The molecule has 0 bridgehead atoms. The Kier molecular flexibility index (Phi) is 12.6. The van der Waals surface area contributed by atoms with Gasteiger partial charge in [0.1, 0.15) is 28.9 Å². The van der Waals surface area contributed by atoms with Gasteiger partial charge in [0.25, 0.3) is 0 Å². The van der Waals surface area contributed by atoms with Gasteiger partial charge in [-0.2, -0.15) is 0 Å². The van der Waals surface area contributed by atoms with Crippen LogP contribution in [0, 0.1) is 0 Å². The summed E-state index contributed by atoms with van der Waals surface area (Å²) in [6.45, 7) is 16.0. The third kappa shape index (κ3) is 16.3. The Labute approximate surface area is 204 Å². The maximum absolute atomic E-state index is 12.7. The molecule has 0 aromatic carbocycles. The third-order valence-corrected chi connectivity index (χ3v) is 4.00. The smallest absolute Gasteiger partial charge is 0.329 e. The molecule has 0 aliphatic heterocycles. The number of amides is 2. The van der Waals surface area contributed by atoms with E-state index in [2.05, 4.69) is 10.6 Å². The zero-order valence-corrected chi connectivity index (χ0v) is 22.3. The lowest BCUT2D eigenvalue weighted by Gasteiger charge is -2.27. The molecule has 0 saturated carbocycles. The molecule has 10 heteroatoms. The monoisotopic (exact) mass is 487 g/mol. The van der Waals surface area contributed by atoms with Gasteiger partial charge in [-0.3, -0.25) is 4.79 Å². The van der Waals surface area contributed by atoms with E-state index in [0.29, 0.717) is 25.8 Å². The van der Waals surface area contributed by atoms with Gasteiger partial charge in [-0.15, -0.1) is 0 Å². The lowest BCUT2D eigenvalue weighted by molar-refractivity contribution is -0.159. The molecule has 2 amide bonds. The summed E-state index contributed by atoms with van der Waals surface area (Å²) < 4.78 is 16.1. The van der Waals surface area contributed by atoms with E-state index in [1.54, 1.807) is 62.3 Å². The fourth-order valence-corrected chi connectivity index (χ4v) is 2.75. The number of esters is 3. The molecular formula is C24H45N3O7. The van der Waals surface area contributed by atoms with Gasteiger partial charge in [0, 0.05) is 6.42 Å². The van der Waals surface area contributed by atoms with Crippen LogP contribution in [0.25, 0.3) is 0 Å². The highest BCUT2D eigenvalue weighted by Gasteiger charge is 2.31. The van der Waals surface area contributed by atoms with Crippen LogP contribution < -0.4 is 16.4 Å². The molecule has 0 aromatic rings. The van der Waals surface area contributed by atoms with Crippen LogP contribution in [0.15, 0.2) is 0 Å². The molecule has 2 atom stereocenters. The summed E-state index contributed by atoms with van der Waals surface area (Å²) in [5.41, 5.74) is 3.34. The molecule has 0 saturated heterocycles. The second-order valence-electron chi connectivity index (χ2n) is 11.2. The maximum atomic E-state index is 12.7. The van der Waals surface area contributed by atoms with Gasteiger partial charge in [-0.25, -0.2) is 14.4 Å². The number of nitrogens with two attached hydrogens (primary N) is 1. The summed E-state index contributed by atoms with van der Waals surface area (Å²) in [6, 6.07) is -2.78. The molecular weight excluding hydrogens is 442 g/mol. The van der Waals surface area contributed by atoms with Gasteiger partial charge in [0.05, 0.1) is 0 Å². The number of carbonyl (C=O) groups excluding carboxylic acids is 4. The first kappa shape index (κ1) is 31.6. The van der Waals surface area contributed by atoms with Crippen molar-refractivity contribution in [3.05, 3.63) is 0 Å². The lowest BCUT2D eigenvalue weighted by atomic mass is 10.1. The third-order valence-electron chi connectivity index (χ3n) is 4.00. The van der Waals surface area contributed by atoms with E-state index in [4.69, 9.17) is 19.9 Å². The van der Waals surface area contributed by atoms with Crippen LogP contribution in [0.1, 0.15) is 94.4 Å². The Balaban J connectivity index is 5.37. The van der Waals surface area contributed by atoms with E-state index >= 15 is 0 Å². The molecule has 0 spiro atoms. The van der Waals surface area contributed by atoms with Crippen molar-refractivity contribution in [2.75, 3.05) is 6.54 Å². The first-order valence-corrected chi connectivity index (χ1v) is 11.8. The van der Waals surface area contributed by atoms with E-state index in [1.165, 1.54) is 0 Å². The molecule has 34 heavy (non-hydrogen) atoms. The van der Waals surface area contributed by atoms with Gasteiger partial charge >= 0.3 is 23.9 Å². The highest BCUT2D eigenvalue weighted by Crippen LogP contribution is 2.14. The highest BCUT2D eigenvalue weighted by molar-refractivity contribution is 5.87. The van der Waals surface area contributed by atoms with Crippen LogP contribution in [-0.2, 0) is 28.6 Å². The number of ether oxygens (including phenoxy) is 3. The van der Waals surface area contributed by atoms with Crippen LogP contribution in [0.3, 0.4) is 0 Å². The SMILES string of the molecule is CC(C)(C)OC(=O)CC[C@H](NC(=O)N[C@H](CCCCN)C(=O)OC(C)(C)C)C(=O)OC(C)(C)C. The lowest BCUT2D eigenvalue weighted by Crippen LogP contribution is -2.53. The number of hydrogen-bond donors (Lipinski definition) is 3. The minimum atomic E-state index is -1.12. The Bertz CT molecular complexity index is 688. The molecule has 0 rings (SSSR count). The van der Waals surface area contributed by atoms with E-state index in [0.717, 1.165) is 0 Å². The summed E-state index contributed by atoms with van der Waals surface area (Å²) in [6.07, 6.45) is 1.48. The molecule has 0 aliphatic rings. The second-order valence-corrected chi connectivity index (χ2v) is 11.2. The first-order valence-electron chi connectivity index (χ1n) is 11.8. The van der Waals surface area contributed by atoms with Gasteiger partial charge in [0.2, 0.25) is 0 Å². The van der Waals surface area contributed by atoms with Crippen molar-refractivity contribution in [1.29, 1.82) is 0 Å². The fourth-order valence-electron chi connectivity index (χ4n) is 2.75. The van der Waals surface area contributed by atoms with Crippen LogP contribution >= 0.6 is 0 Å². The number of urea groups is 1. The number of nitrogens with one attached hydrogen (secondary N) is 2. The van der Waals surface area contributed by atoms with E-state index < -0.39 is 52.8 Å². The quantitative estimate of drug-likeness (QED) is 0.229. The fraction of sp³-hybridized carbons (Fsp3) is 0.833. The minimum Gasteiger partial charge on any atom is -0.460 e. The summed E-state index contributed by atoms with van der Waals surface area (Å²) in [7, 11) is 0. The molecule has 0 unspecified atom stereocenters. The minimum absolute atomic E-state index is 0.0263. The maximum Gasteiger partial charge on any atom is 0.329 e. The first-order chi connectivity index (χ1) is 15.3. The Hall–Kier alpha value is -2.36. The Morgan fingerprint density at radius 1 is 0.676 bits per heavy atom. The molecule has 0 radical (unpaired) electrons. The average Bonchev–Trinajstić information content (AvgIpc) is 2.60. The molecule has 4 N–H and O–H groups in total. The van der Waals surface area contributed by atoms with Gasteiger partial charge in [-0.1, -0.05) is 0 Å². The number of rotatable bonds is 11. The molecule has 0 fully saturated rings. The Morgan fingerprint density at radius 2 is 1.09 bits per heavy atom.